The first-order valence-electron chi connectivity index (χ1n) is 5.88. The van der Waals surface area contributed by atoms with Crippen LogP contribution in [0.25, 0.3) is 0 Å². The van der Waals surface area contributed by atoms with Crippen LogP contribution in [0.1, 0.15) is 30.0 Å². The van der Waals surface area contributed by atoms with Gasteiger partial charge in [-0.1, -0.05) is 6.07 Å². The zero-order valence-electron chi connectivity index (χ0n) is 10.8. The van der Waals surface area contributed by atoms with Crippen molar-refractivity contribution in [1.29, 1.82) is 0 Å². The van der Waals surface area contributed by atoms with Gasteiger partial charge in [0.05, 0.1) is 19.0 Å². The highest BCUT2D eigenvalue weighted by Crippen LogP contribution is 2.30. The Morgan fingerprint density at radius 3 is 2.89 bits per heavy atom. The van der Waals surface area contributed by atoms with Gasteiger partial charge in [-0.05, 0) is 25.5 Å². The summed E-state index contributed by atoms with van der Waals surface area (Å²) in [5.41, 5.74) is 2.21. The summed E-state index contributed by atoms with van der Waals surface area (Å²) in [5, 5.41) is 14.7. The molecule has 0 bridgehead atoms. The molecule has 1 unspecified atom stereocenters. The van der Waals surface area contributed by atoms with Gasteiger partial charge >= 0.3 is 0 Å². The number of hydrogen-bond acceptors (Lipinski definition) is 4. The van der Waals surface area contributed by atoms with E-state index in [2.05, 4.69) is 10.1 Å². The molecule has 96 valence electrons. The summed E-state index contributed by atoms with van der Waals surface area (Å²) in [5.74, 6) is 0.578. The van der Waals surface area contributed by atoms with Crippen LogP contribution in [-0.2, 0) is 6.54 Å². The first-order chi connectivity index (χ1) is 8.69. The van der Waals surface area contributed by atoms with E-state index in [1.165, 1.54) is 0 Å². The first-order valence-corrected chi connectivity index (χ1v) is 5.88. The fraction of sp³-hybridized carbons (Fsp3) is 0.385. The predicted molar refractivity (Wildman–Crippen MR) is 67.5 cm³/mol. The number of methoxy groups -OCH3 is 1. The third kappa shape index (κ3) is 2.09. The first kappa shape index (κ1) is 12.6. The number of rotatable bonds is 4. The highest BCUT2D eigenvalue weighted by atomic mass is 16.5. The van der Waals surface area contributed by atoms with E-state index in [9.17, 15) is 5.11 Å². The van der Waals surface area contributed by atoms with Crippen LogP contribution in [0.4, 0.5) is 0 Å². The van der Waals surface area contributed by atoms with Crippen LogP contribution < -0.4 is 4.74 Å². The maximum atomic E-state index is 10.5. The number of pyridine rings is 1. The minimum atomic E-state index is -0.830. The van der Waals surface area contributed by atoms with Crippen molar-refractivity contribution >= 4 is 0 Å². The van der Waals surface area contributed by atoms with E-state index in [-0.39, 0.29) is 0 Å². The molecule has 0 saturated carbocycles. The van der Waals surface area contributed by atoms with Crippen molar-refractivity contribution in [1.82, 2.24) is 14.8 Å². The molecule has 5 nitrogen and oxygen atoms in total. The van der Waals surface area contributed by atoms with Crippen molar-refractivity contribution < 1.29 is 9.84 Å². The molecule has 1 atom stereocenters. The Morgan fingerprint density at radius 1 is 1.50 bits per heavy atom. The number of nitrogens with zero attached hydrogens (tertiary/aromatic N) is 3. The molecular formula is C13H17N3O2. The monoisotopic (exact) mass is 247 g/mol. The molecule has 2 aromatic rings. The maximum Gasteiger partial charge on any atom is 0.163 e. The highest BCUT2D eigenvalue weighted by molar-refractivity contribution is 5.34. The quantitative estimate of drug-likeness (QED) is 0.893. The van der Waals surface area contributed by atoms with Gasteiger partial charge in [0.25, 0.3) is 0 Å². The lowest BCUT2D eigenvalue weighted by atomic mass is 10.1. The molecule has 0 aliphatic rings. The molecule has 1 N–H and O–H groups in total. The Kier molecular flexibility index (Phi) is 3.62. The summed E-state index contributed by atoms with van der Waals surface area (Å²) in [6, 6.07) is 3.77. The molecule has 0 aromatic carbocycles. The van der Waals surface area contributed by atoms with Crippen molar-refractivity contribution in [2.75, 3.05) is 7.11 Å². The van der Waals surface area contributed by atoms with Crippen LogP contribution in [0.2, 0.25) is 0 Å². The van der Waals surface area contributed by atoms with Gasteiger partial charge in [0.15, 0.2) is 5.75 Å². The zero-order chi connectivity index (χ0) is 13.1. The average Bonchev–Trinajstić information content (AvgIpc) is 2.81. The largest absolute Gasteiger partial charge is 0.493 e. The molecule has 0 aliphatic carbocycles. The van der Waals surface area contributed by atoms with Crippen molar-refractivity contribution in [2.45, 2.75) is 26.5 Å². The fourth-order valence-corrected chi connectivity index (χ4v) is 1.98. The number of hydrogen-bond donors (Lipinski definition) is 1. The molecule has 0 radical (unpaired) electrons. The van der Waals surface area contributed by atoms with Crippen molar-refractivity contribution in [3.63, 3.8) is 0 Å². The molecular weight excluding hydrogens is 230 g/mol. The Labute approximate surface area is 106 Å². The molecule has 2 heterocycles. The number of aryl methyl sites for hydroxylation is 2. The van der Waals surface area contributed by atoms with Gasteiger partial charge in [0.2, 0.25) is 0 Å². The van der Waals surface area contributed by atoms with E-state index >= 15 is 0 Å². The topological polar surface area (TPSA) is 60.2 Å². The minimum absolute atomic E-state index is 0.578. The maximum absolute atomic E-state index is 10.5. The van der Waals surface area contributed by atoms with Gasteiger partial charge in [-0.15, -0.1) is 0 Å². The van der Waals surface area contributed by atoms with E-state index in [1.54, 1.807) is 24.2 Å². The standard InChI is InChI=1S/C13H17N3O2/c1-4-16-12(10(18-3)8-15-16)13(17)11-9(2)6-5-7-14-11/h5-8,13,17H,4H2,1-3H3. The summed E-state index contributed by atoms with van der Waals surface area (Å²) in [6.07, 6.45) is 2.45. The molecule has 2 aromatic heterocycles. The van der Waals surface area contributed by atoms with E-state index < -0.39 is 6.10 Å². The van der Waals surface area contributed by atoms with E-state index in [4.69, 9.17) is 4.74 Å². The van der Waals surface area contributed by atoms with Gasteiger partial charge in [-0.2, -0.15) is 5.10 Å². The summed E-state index contributed by atoms with van der Waals surface area (Å²) in [4.78, 5) is 4.24. The van der Waals surface area contributed by atoms with Gasteiger partial charge in [0.1, 0.15) is 11.8 Å². The molecule has 0 saturated heterocycles. The molecule has 0 spiro atoms. The summed E-state index contributed by atoms with van der Waals surface area (Å²) in [6.45, 7) is 4.56. The Morgan fingerprint density at radius 2 is 2.28 bits per heavy atom. The van der Waals surface area contributed by atoms with Crippen molar-refractivity contribution in [3.8, 4) is 5.75 Å². The van der Waals surface area contributed by atoms with Crippen LogP contribution in [0.15, 0.2) is 24.5 Å². The summed E-state index contributed by atoms with van der Waals surface area (Å²) < 4.78 is 6.96. The SMILES string of the molecule is CCn1ncc(OC)c1C(O)c1ncccc1C. The van der Waals surface area contributed by atoms with E-state index in [0.717, 1.165) is 5.56 Å². The smallest absolute Gasteiger partial charge is 0.163 e. The van der Waals surface area contributed by atoms with Crippen LogP contribution in [-0.4, -0.2) is 27.0 Å². The molecule has 18 heavy (non-hydrogen) atoms. The third-order valence-corrected chi connectivity index (χ3v) is 2.93. The number of aliphatic hydroxyl groups is 1. The molecule has 0 amide bonds. The molecule has 0 fully saturated rings. The van der Waals surface area contributed by atoms with Gasteiger partial charge in [0, 0.05) is 12.7 Å². The van der Waals surface area contributed by atoms with Crippen LogP contribution in [0.3, 0.4) is 0 Å². The second-order valence-corrected chi connectivity index (χ2v) is 4.02. The Bertz CT molecular complexity index is 515. The average molecular weight is 247 g/mol. The lowest BCUT2D eigenvalue weighted by Gasteiger charge is -2.15. The third-order valence-electron chi connectivity index (χ3n) is 2.93. The lowest BCUT2D eigenvalue weighted by molar-refractivity contribution is 0.197. The van der Waals surface area contributed by atoms with Crippen molar-refractivity contribution in [3.05, 3.63) is 41.5 Å². The van der Waals surface area contributed by atoms with E-state index in [0.29, 0.717) is 23.7 Å². The van der Waals surface area contributed by atoms with Gasteiger partial charge in [-0.3, -0.25) is 9.67 Å². The fourth-order valence-electron chi connectivity index (χ4n) is 1.98. The number of ether oxygens (including phenoxy) is 1. The summed E-state index contributed by atoms with van der Waals surface area (Å²) in [7, 11) is 1.57. The Balaban J connectivity index is 2.48. The van der Waals surface area contributed by atoms with Crippen molar-refractivity contribution in [2.24, 2.45) is 0 Å². The molecule has 0 aliphatic heterocycles. The van der Waals surface area contributed by atoms with Gasteiger partial charge in [-0.25, -0.2) is 0 Å². The second kappa shape index (κ2) is 5.18. The normalized spacial score (nSPS) is 12.4. The predicted octanol–water partition coefficient (Wildman–Crippen LogP) is 1.70. The summed E-state index contributed by atoms with van der Waals surface area (Å²) >= 11 is 0. The zero-order valence-corrected chi connectivity index (χ0v) is 10.8. The number of aliphatic hydroxyl groups excluding tert-OH is 1. The molecule has 2 rings (SSSR count). The molecule has 5 heteroatoms. The van der Waals surface area contributed by atoms with Crippen LogP contribution >= 0.6 is 0 Å². The van der Waals surface area contributed by atoms with E-state index in [1.807, 2.05) is 26.0 Å². The number of aromatic nitrogens is 3. The van der Waals surface area contributed by atoms with Crippen LogP contribution in [0, 0.1) is 6.92 Å². The second-order valence-electron chi connectivity index (χ2n) is 4.02. The minimum Gasteiger partial charge on any atom is -0.493 e. The highest BCUT2D eigenvalue weighted by Gasteiger charge is 2.23. The van der Waals surface area contributed by atoms with Crippen LogP contribution in [0.5, 0.6) is 5.75 Å². The Hall–Kier alpha value is -1.88. The lowest BCUT2D eigenvalue weighted by Crippen LogP contribution is -2.12. The van der Waals surface area contributed by atoms with Gasteiger partial charge < -0.3 is 9.84 Å².